The fraction of sp³-hybridized carbons (Fsp3) is 0.263. The summed E-state index contributed by atoms with van der Waals surface area (Å²) in [6.07, 6.45) is 0.208. The summed E-state index contributed by atoms with van der Waals surface area (Å²) in [7, 11) is 0. The number of ketones is 1. The number of halogens is 2. The van der Waals surface area contributed by atoms with Crippen molar-refractivity contribution in [1.82, 2.24) is 10.6 Å². The second-order valence-corrected chi connectivity index (χ2v) is 6.63. The molecule has 2 amide bonds. The minimum absolute atomic E-state index is 0.0692. The Labute approximate surface area is 150 Å². The molecule has 4 nitrogen and oxygen atoms in total. The molecule has 2 atom stereocenters. The molecule has 25 heavy (non-hydrogen) atoms. The quantitative estimate of drug-likeness (QED) is 0.856. The van der Waals surface area contributed by atoms with Gasteiger partial charge in [-0.25, -0.2) is 9.18 Å². The molecule has 1 saturated heterocycles. The molecule has 3 rings (SSSR count). The van der Waals surface area contributed by atoms with Gasteiger partial charge in [0.2, 0.25) is 0 Å². The van der Waals surface area contributed by atoms with Crippen molar-refractivity contribution in [1.29, 1.82) is 0 Å². The van der Waals surface area contributed by atoms with Crippen LogP contribution in [0.4, 0.5) is 9.18 Å². The normalized spacial score (nSPS) is 17.7. The zero-order valence-corrected chi connectivity index (χ0v) is 14.4. The molecule has 1 fully saturated rings. The summed E-state index contributed by atoms with van der Waals surface area (Å²) in [5, 5.41) is 5.81. The van der Waals surface area contributed by atoms with Crippen LogP contribution >= 0.6 is 11.6 Å². The lowest BCUT2D eigenvalue weighted by molar-refractivity contribution is -0.120. The first-order valence-corrected chi connectivity index (χ1v) is 8.40. The van der Waals surface area contributed by atoms with Crippen LogP contribution < -0.4 is 10.6 Å². The van der Waals surface area contributed by atoms with Crippen LogP contribution in [-0.4, -0.2) is 24.4 Å². The Hall–Kier alpha value is -2.40. The molecule has 6 heteroatoms. The van der Waals surface area contributed by atoms with E-state index in [2.05, 4.69) is 10.6 Å². The van der Waals surface area contributed by atoms with Crippen molar-refractivity contribution in [3.05, 3.63) is 70.0 Å². The lowest BCUT2D eigenvalue weighted by atomic mass is 9.85. The Bertz CT molecular complexity index is 808. The summed E-state index contributed by atoms with van der Waals surface area (Å²) in [5.41, 5.74) is 2.30. The second kappa shape index (κ2) is 7.23. The number of hydrogen-bond donors (Lipinski definition) is 2. The first-order chi connectivity index (χ1) is 11.9. The lowest BCUT2D eigenvalue weighted by Gasteiger charge is -2.20. The molecular formula is C19H18ClFN2O2. The number of carbonyl (C=O) groups is 2. The third-order valence-corrected chi connectivity index (χ3v) is 4.67. The van der Waals surface area contributed by atoms with E-state index in [4.69, 9.17) is 11.6 Å². The lowest BCUT2D eigenvalue weighted by Crippen LogP contribution is -2.35. The third-order valence-electron chi connectivity index (χ3n) is 4.42. The highest BCUT2D eigenvalue weighted by atomic mass is 35.5. The third kappa shape index (κ3) is 3.99. The molecule has 2 aromatic rings. The second-order valence-electron chi connectivity index (χ2n) is 6.19. The Balaban J connectivity index is 1.91. The first kappa shape index (κ1) is 17.4. The van der Waals surface area contributed by atoms with Gasteiger partial charge in [0.15, 0.2) is 5.78 Å². The van der Waals surface area contributed by atoms with Gasteiger partial charge in [-0.2, -0.15) is 0 Å². The Morgan fingerprint density at radius 3 is 2.52 bits per heavy atom. The summed E-state index contributed by atoms with van der Waals surface area (Å²) in [6.45, 7) is 1.98. The number of amides is 2. The van der Waals surface area contributed by atoms with E-state index in [0.717, 1.165) is 11.1 Å². The molecular weight excluding hydrogens is 343 g/mol. The Morgan fingerprint density at radius 1 is 1.24 bits per heavy atom. The number of Topliss-reactive ketones (excluding diaryl/α,β-unsaturated/α-hetero) is 1. The van der Waals surface area contributed by atoms with E-state index in [9.17, 15) is 14.0 Å². The maximum atomic E-state index is 13.6. The topological polar surface area (TPSA) is 58.2 Å². The predicted molar refractivity (Wildman–Crippen MR) is 94.4 cm³/mol. The smallest absolute Gasteiger partial charge is 0.315 e. The maximum absolute atomic E-state index is 13.6. The molecule has 130 valence electrons. The van der Waals surface area contributed by atoms with Crippen molar-refractivity contribution < 1.29 is 14.0 Å². The molecule has 2 aromatic carbocycles. The van der Waals surface area contributed by atoms with E-state index >= 15 is 0 Å². The Kier molecular flexibility index (Phi) is 5.04. The molecule has 0 bridgehead atoms. The number of rotatable bonds is 5. The minimum atomic E-state index is -0.538. The van der Waals surface area contributed by atoms with Crippen LogP contribution in [-0.2, 0) is 4.79 Å². The van der Waals surface area contributed by atoms with Crippen LogP contribution in [0, 0.1) is 12.7 Å². The van der Waals surface area contributed by atoms with E-state index in [0.29, 0.717) is 10.6 Å². The summed E-state index contributed by atoms with van der Waals surface area (Å²) in [6, 6.07) is 11.3. The van der Waals surface area contributed by atoms with Crippen molar-refractivity contribution in [3.63, 3.8) is 0 Å². The van der Waals surface area contributed by atoms with Gasteiger partial charge in [0, 0.05) is 23.9 Å². The van der Waals surface area contributed by atoms with Crippen molar-refractivity contribution in [2.75, 3.05) is 6.54 Å². The monoisotopic (exact) mass is 360 g/mol. The van der Waals surface area contributed by atoms with Crippen LogP contribution in [0.3, 0.4) is 0 Å². The van der Waals surface area contributed by atoms with Crippen LogP contribution in [0.1, 0.15) is 29.0 Å². The van der Waals surface area contributed by atoms with Gasteiger partial charge in [-0.05, 0) is 41.8 Å². The highest BCUT2D eigenvalue weighted by Gasteiger charge is 2.29. The van der Waals surface area contributed by atoms with Gasteiger partial charge in [0.1, 0.15) is 11.9 Å². The summed E-state index contributed by atoms with van der Waals surface area (Å²) < 4.78 is 13.6. The molecule has 1 unspecified atom stereocenters. The molecule has 0 saturated carbocycles. The largest absolute Gasteiger partial charge is 0.336 e. The molecule has 0 aliphatic carbocycles. The van der Waals surface area contributed by atoms with E-state index in [1.165, 1.54) is 6.07 Å². The molecule has 1 heterocycles. The van der Waals surface area contributed by atoms with E-state index < -0.39 is 6.04 Å². The highest BCUT2D eigenvalue weighted by molar-refractivity contribution is 6.30. The summed E-state index contributed by atoms with van der Waals surface area (Å²) >= 11 is 5.96. The molecule has 0 aromatic heterocycles. The molecule has 1 aliphatic rings. The van der Waals surface area contributed by atoms with Gasteiger partial charge in [-0.1, -0.05) is 35.9 Å². The SMILES string of the molecule is Cc1cc(C(CC(=O)[C@@H]2CNC(=O)N2)c2ccc(Cl)cc2)ccc1F. The molecule has 2 N–H and O–H groups in total. The summed E-state index contributed by atoms with van der Waals surface area (Å²) in [5.74, 6) is -0.584. The minimum Gasteiger partial charge on any atom is -0.336 e. The number of urea groups is 1. The van der Waals surface area contributed by atoms with Crippen LogP contribution in [0.5, 0.6) is 0 Å². The number of benzene rings is 2. The zero-order chi connectivity index (χ0) is 18.0. The molecule has 0 radical (unpaired) electrons. The fourth-order valence-electron chi connectivity index (χ4n) is 3.00. The van der Waals surface area contributed by atoms with Gasteiger partial charge in [0.25, 0.3) is 0 Å². The van der Waals surface area contributed by atoms with Crippen molar-refractivity contribution in [3.8, 4) is 0 Å². The maximum Gasteiger partial charge on any atom is 0.315 e. The predicted octanol–water partition coefficient (Wildman–Crippen LogP) is 3.56. The van der Waals surface area contributed by atoms with Crippen LogP contribution in [0.2, 0.25) is 5.02 Å². The van der Waals surface area contributed by atoms with E-state index in [1.54, 1.807) is 31.2 Å². The van der Waals surface area contributed by atoms with Gasteiger partial charge in [-0.3, -0.25) is 4.79 Å². The van der Waals surface area contributed by atoms with Gasteiger partial charge in [-0.15, -0.1) is 0 Å². The van der Waals surface area contributed by atoms with Crippen molar-refractivity contribution in [2.24, 2.45) is 0 Å². The molecule has 1 aliphatic heterocycles. The highest BCUT2D eigenvalue weighted by Crippen LogP contribution is 2.31. The summed E-state index contributed by atoms with van der Waals surface area (Å²) in [4.78, 5) is 23.9. The van der Waals surface area contributed by atoms with Crippen molar-refractivity contribution in [2.45, 2.75) is 25.3 Å². The van der Waals surface area contributed by atoms with Gasteiger partial charge < -0.3 is 10.6 Å². The van der Waals surface area contributed by atoms with E-state index in [1.807, 2.05) is 12.1 Å². The van der Waals surface area contributed by atoms with Crippen LogP contribution in [0.15, 0.2) is 42.5 Å². The van der Waals surface area contributed by atoms with Crippen molar-refractivity contribution >= 4 is 23.4 Å². The first-order valence-electron chi connectivity index (χ1n) is 8.02. The fourth-order valence-corrected chi connectivity index (χ4v) is 3.13. The number of hydrogen-bond acceptors (Lipinski definition) is 2. The Morgan fingerprint density at radius 2 is 1.92 bits per heavy atom. The average molecular weight is 361 g/mol. The standard InChI is InChI=1S/C19H18ClFN2O2/c1-11-8-13(4-7-16(11)21)15(12-2-5-14(20)6-3-12)9-18(24)17-10-22-19(25)23-17/h2-8,15,17H,9-10H2,1H3,(H2,22,23,25)/t15?,17-/m0/s1. The average Bonchev–Trinajstić information content (AvgIpc) is 3.03. The van der Waals surface area contributed by atoms with E-state index in [-0.39, 0.29) is 36.5 Å². The number of nitrogens with one attached hydrogen (secondary N) is 2. The zero-order valence-electron chi connectivity index (χ0n) is 13.7. The number of carbonyl (C=O) groups excluding carboxylic acids is 2. The van der Waals surface area contributed by atoms with Crippen LogP contribution in [0.25, 0.3) is 0 Å². The van der Waals surface area contributed by atoms with Gasteiger partial charge >= 0.3 is 6.03 Å². The molecule has 0 spiro atoms. The van der Waals surface area contributed by atoms with Gasteiger partial charge in [0.05, 0.1) is 0 Å². The number of aryl methyl sites for hydroxylation is 1.